The van der Waals surface area contributed by atoms with Crippen molar-refractivity contribution < 1.29 is 27.5 Å². The summed E-state index contributed by atoms with van der Waals surface area (Å²) in [6.07, 6.45) is 1.41. The zero-order valence-electron chi connectivity index (χ0n) is 10.4. The van der Waals surface area contributed by atoms with Crippen molar-refractivity contribution in [2.45, 2.75) is 25.4 Å². The minimum absolute atomic E-state index is 0.0344. The van der Waals surface area contributed by atoms with Gasteiger partial charge in [0.05, 0.1) is 11.7 Å². The minimum Gasteiger partial charge on any atom is -0.393 e. The third-order valence-corrected chi connectivity index (χ3v) is 3.41. The average molecular weight is 291 g/mol. The highest BCUT2D eigenvalue weighted by atomic mass is 19.2. The third kappa shape index (κ3) is 2.92. The van der Waals surface area contributed by atoms with E-state index >= 15 is 0 Å². The van der Waals surface area contributed by atoms with Crippen LogP contribution in [0.15, 0.2) is 6.07 Å². The molecule has 1 saturated carbocycles. The summed E-state index contributed by atoms with van der Waals surface area (Å²) >= 11 is 0. The summed E-state index contributed by atoms with van der Waals surface area (Å²) < 4.78 is 52.1. The quantitative estimate of drug-likeness (QED) is 0.509. The number of hydrogen-bond acceptors (Lipinski definition) is 2. The van der Waals surface area contributed by atoms with Crippen molar-refractivity contribution in [3.63, 3.8) is 0 Å². The molecule has 20 heavy (non-hydrogen) atoms. The molecule has 0 aromatic heterocycles. The molecule has 2 rings (SSSR count). The first-order valence-electron chi connectivity index (χ1n) is 6.19. The number of aliphatic hydroxyl groups excluding tert-OH is 1. The van der Waals surface area contributed by atoms with E-state index in [0.717, 1.165) is 0 Å². The molecule has 1 fully saturated rings. The Morgan fingerprint density at radius 3 is 2.50 bits per heavy atom. The van der Waals surface area contributed by atoms with Gasteiger partial charge in [-0.1, -0.05) is 0 Å². The normalized spacial score (nSPS) is 22.1. The van der Waals surface area contributed by atoms with Gasteiger partial charge in [0.1, 0.15) is 0 Å². The Balaban J connectivity index is 2.06. The van der Waals surface area contributed by atoms with Crippen LogP contribution in [0.3, 0.4) is 0 Å². The molecule has 2 unspecified atom stereocenters. The molecule has 1 aliphatic rings. The average Bonchev–Trinajstić information content (AvgIpc) is 2.83. The number of benzene rings is 1. The van der Waals surface area contributed by atoms with Crippen molar-refractivity contribution in [3.8, 4) is 0 Å². The summed E-state index contributed by atoms with van der Waals surface area (Å²) in [4.78, 5) is 11.7. The largest absolute Gasteiger partial charge is 0.393 e. The van der Waals surface area contributed by atoms with E-state index in [1.165, 1.54) is 0 Å². The lowest BCUT2D eigenvalue weighted by Gasteiger charge is -2.11. The Morgan fingerprint density at radius 2 is 1.90 bits per heavy atom. The van der Waals surface area contributed by atoms with Crippen LogP contribution in [-0.4, -0.2) is 23.7 Å². The smallest absolute Gasteiger partial charge is 0.254 e. The predicted octanol–water partition coefficient (Wildman–Crippen LogP) is 2.13. The molecule has 2 atom stereocenters. The van der Waals surface area contributed by atoms with E-state index in [2.05, 4.69) is 5.32 Å². The van der Waals surface area contributed by atoms with Gasteiger partial charge in [-0.15, -0.1) is 0 Å². The number of halogens is 4. The summed E-state index contributed by atoms with van der Waals surface area (Å²) in [5.74, 6) is -8.27. The van der Waals surface area contributed by atoms with E-state index in [1.807, 2.05) is 0 Å². The SMILES string of the molecule is O=C(NCC1CCC(O)C1)c1cc(F)c(F)c(F)c1F. The zero-order chi connectivity index (χ0) is 14.9. The second-order valence-electron chi connectivity index (χ2n) is 4.89. The van der Waals surface area contributed by atoms with E-state index in [9.17, 15) is 27.5 Å². The van der Waals surface area contributed by atoms with Crippen molar-refractivity contribution in [3.05, 3.63) is 34.9 Å². The van der Waals surface area contributed by atoms with Crippen LogP contribution >= 0.6 is 0 Å². The van der Waals surface area contributed by atoms with E-state index in [0.29, 0.717) is 25.3 Å². The van der Waals surface area contributed by atoms with Gasteiger partial charge in [0.25, 0.3) is 5.91 Å². The summed E-state index contributed by atoms with van der Waals surface area (Å²) in [7, 11) is 0. The molecule has 0 bridgehead atoms. The van der Waals surface area contributed by atoms with E-state index in [-0.39, 0.29) is 12.5 Å². The Morgan fingerprint density at radius 1 is 1.20 bits per heavy atom. The van der Waals surface area contributed by atoms with E-state index in [1.54, 1.807) is 0 Å². The fourth-order valence-corrected chi connectivity index (χ4v) is 2.30. The number of amides is 1. The minimum atomic E-state index is -2.01. The summed E-state index contributed by atoms with van der Waals surface area (Å²) in [5, 5.41) is 11.6. The molecular formula is C13H13F4NO2. The molecule has 110 valence electrons. The molecule has 3 nitrogen and oxygen atoms in total. The van der Waals surface area contributed by atoms with E-state index < -0.39 is 40.8 Å². The molecule has 0 radical (unpaired) electrons. The van der Waals surface area contributed by atoms with Crippen LogP contribution in [0.2, 0.25) is 0 Å². The second-order valence-corrected chi connectivity index (χ2v) is 4.89. The Hall–Kier alpha value is -1.63. The van der Waals surface area contributed by atoms with Gasteiger partial charge in [0.15, 0.2) is 23.3 Å². The summed E-state index contributed by atoms with van der Waals surface area (Å²) in [6, 6.07) is 0.326. The monoisotopic (exact) mass is 291 g/mol. The predicted molar refractivity (Wildman–Crippen MR) is 62.0 cm³/mol. The Bertz CT molecular complexity index is 536. The van der Waals surface area contributed by atoms with Gasteiger partial charge in [-0.05, 0) is 31.2 Å². The van der Waals surface area contributed by atoms with Crippen molar-refractivity contribution in [1.29, 1.82) is 0 Å². The first-order valence-corrected chi connectivity index (χ1v) is 6.19. The van der Waals surface area contributed by atoms with Crippen molar-refractivity contribution in [2.24, 2.45) is 5.92 Å². The van der Waals surface area contributed by atoms with Gasteiger partial charge in [0, 0.05) is 6.54 Å². The highest BCUT2D eigenvalue weighted by molar-refractivity contribution is 5.94. The van der Waals surface area contributed by atoms with Crippen LogP contribution in [-0.2, 0) is 0 Å². The number of nitrogens with one attached hydrogen (secondary N) is 1. The number of rotatable bonds is 3. The molecule has 0 heterocycles. The summed E-state index contributed by atoms with van der Waals surface area (Å²) in [6.45, 7) is 0.163. The van der Waals surface area contributed by atoms with Crippen LogP contribution < -0.4 is 5.32 Å². The fraction of sp³-hybridized carbons (Fsp3) is 0.462. The topological polar surface area (TPSA) is 49.3 Å². The highest BCUT2D eigenvalue weighted by Gasteiger charge is 2.26. The molecule has 1 aromatic rings. The number of hydrogen-bond donors (Lipinski definition) is 2. The molecule has 7 heteroatoms. The molecule has 1 aliphatic carbocycles. The van der Waals surface area contributed by atoms with Crippen LogP contribution in [0.1, 0.15) is 29.6 Å². The zero-order valence-corrected chi connectivity index (χ0v) is 10.4. The number of carbonyl (C=O) groups excluding carboxylic acids is 1. The van der Waals surface area contributed by atoms with Gasteiger partial charge in [-0.3, -0.25) is 4.79 Å². The lowest BCUT2D eigenvalue weighted by molar-refractivity contribution is 0.0939. The van der Waals surface area contributed by atoms with Crippen LogP contribution in [0.4, 0.5) is 17.6 Å². The number of carbonyl (C=O) groups is 1. The maximum atomic E-state index is 13.4. The molecule has 1 aromatic carbocycles. The molecule has 0 saturated heterocycles. The fourth-order valence-electron chi connectivity index (χ4n) is 2.30. The molecule has 2 N–H and O–H groups in total. The van der Waals surface area contributed by atoms with Crippen molar-refractivity contribution >= 4 is 5.91 Å². The summed E-state index contributed by atoms with van der Waals surface area (Å²) in [5.41, 5.74) is -0.875. The Kier molecular flexibility index (Phi) is 4.27. The lowest BCUT2D eigenvalue weighted by Crippen LogP contribution is -2.30. The van der Waals surface area contributed by atoms with Crippen LogP contribution in [0.25, 0.3) is 0 Å². The lowest BCUT2D eigenvalue weighted by atomic mass is 10.1. The maximum absolute atomic E-state index is 13.4. The van der Waals surface area contributed by atoms with Crippen LogP contribution in [0.5, 0.6) is 0 Å². The standard InChI is InChI=1S/C13H13F4NO2/c14-9-4-8(10(15)12(17)11(9)16)13(20)18-5-6-1-2-7(19)3-6/h4,6-7,19H,1-3,5H2,(H,18,20). The number of aliphatic hydroxyl groups is 1. The van der Waals surface area contributed by atoms with Gasteiger partial charge in [-0.25, -0.2) is 17.6 Å². The maximum Gasteiger partial charge on any atom is 0.254 e. The third-order valence-electron chi connectivity index (χ3n) is 3.41. The first-order chi connectivity index (χ1) is 9.40. The highest BCUT2D eigenvalue weighted by Crippen LogP contribution is 2.25. The molecule has 0 aliphatic heterocycles. The van der Waals surface area contributed by atoms with Gasteiger partial charge in [-0.2, -0.15) is 0 Å². The van der Waals surface area contributed by atoms with Crippen molar-refractivity contribution in [1.82, 2.24) is 5.32 Å². The Labute approximate surface area is 112 Å². The second kappa shape index (κ2) is 5.78. The molecule has 1 amide bonds. The van der Waals surface area contributed by atoms with Gasteiger partial charge in [0.2, 0.25) is 0 Å². The van der Waals surface area contributed by atoms with Crippen LogP contribution in [0, 0.1) is 29.2 Å². The van der Waals surface area contributed by atoms with E-state index in [4.69, 9.17) is 0 Å². The van der Waals surface area contributed by atoms with Gasteiger partial charge < -0.3 is 10.4 Å². The van der Waals surface area contributed by atoms with Gasteiger partial charge >= 0.3 is 0 Å². The van der Waals surface area contributed by atoms with Crippen molar-refractivity contribution in [2.75, 3.05) is 6.54 Å². The first kappa shape index (κ1) is 14.8. The molecule has 0 spiro atoms. The molecular weight excluding hydrogens is 278 g/mol.